The number of ether oxygens (including phenoxy) is 1. The minimum Gasteiger partial charge on any atom is -0.467 e. The summed E-state index contributed by atoms with van der Waals surface area (Å²) in [7, 11) is 1.21. The number of carbonyl (C=O) groups excluding carboxylic acids is 2. The maximum Gasteiger partial charge on any atom is 0.330 e. The Balaban J connectivity index is 2.70. The van der Waals surface area contributed by atoms with Crippen molar-refractivity contribution in [2.24, 2.45) is 0 Å². The molecule has 0 spiro atoms. The molecule has 0 heterocycles. The second-order valence-electron chi connectivity index (χ2n) is 3.78. The predicted molar refractivity (Wildman–Crippen MR) is 69.5 cm³/mol. The number of carbonyl (C=O) groups is 2. The molecule has 0 saturated heterocycles. The highest BCUT2D eigenvalue weighted by Gasteiger charge is 2.20. The molecule has 5 nitrogen and oxygen atoms in total. The van der Waals surface area contributed by atoms with Crippen molar-refractivity contribution < 1.29 is 18.7 Å². The van der Waals surface area contributed by atoms with Crippen LogP contribution >= 0.6 is 11.6 Å². The van der Waals surface area contributed by atoms with Crippen LogP contribution < -0.4 is 10.6 Å². The number of nitrogens with one attached hydrogen (secondary N) is 2. The minimum atomic E-state index is -0.891. The molecule has 1 atom stereocenters. The SMILES string of the molecule is COC(=O)C(CNc1ccc(Cl)cc1F)NC(C)=O. The summed E-state index contributed by atoms with van der Waals surface area (Å²) < 4.78 is 18.0. The largest absolute Gasteiger partial charge is 0.467 e. The van der Waals surface area contributed by atoms with Gasteiger partial charge in [0.2, 0.25) is 5.91 Å². The van der Waals surface area contributed by atoms with Crippen LogP contribution in [0.1, 0.15) is 6.92 Å². The second kappa shape index (κ2) is 6.94. The van der Waals surface area contributed by atoms with Gasteiger partial charge in [-0.15, -0.1) is 0 Å². The predicted octanol–water partition coefficient (Wildman–Crippen LogP) is 1.57. The Labute approximate surface area is 115 Å². The van der Waals surface area contributed by atoms with E-state index in [0.717, 1.165) is 6.07 Å². The zero-order valence-corrected chi connectivity index (χ0v) is 11.3. The third kappa shape index (κ3) is 4.75. The fourth-order valence-corrected chi connectivity index (χ4v) is 1.58. The maximum absolute atomic E-state index is 13.5. The summed E-state index contributed by atoms with van der Waals surface area (Å²) in [6, 6.07) is 3.21. The zero-order chi connectivity index (χ0) is 14.4. The molecule has 104 valence electrons. The number of methoxy groups -OCH3 is 1. The van der Waals surface area contributed by atoms with Gasteiger partial charge in [-0.2, -0.15) is 0 Å². The minimum absolute atomic E-state index is 0.00477. The van der Waals surface area contributed by atoms with Crippen LogP contribution in [0.15, 0.2) is 18.2 Å². The topological polar surface area (TPSA) is 67.4 Å². The Kier molecular flexibility index (Phi) is 5.57. The van der Waals surface area contributed by atoms with E-state index in [9.17, 15) is 14.0 Å². The molecule has 1 aromatic carbocycles. The summed E-state index contributed by atoms with van der Waals surface area (Å²) in [5, 5.41) is 5.39. The molecule has 1 rings (SSSR count). The molecule has 0 aromatic heterocycles. The molecule has 0 bridgehead atoms. The van der Waals surface area contributed by atoms with Crippen LogP contribution in [0.4, 0.5) is 10.1 Å². The highest BCUT2D eigenvalue weighted by atomic mass is 35.5. The van der Waals surface area contributed by atoms with Gasteiger partial charge in [-0.3, -0.25) is 4.79 Å². The number of rotatable bonds is 5. The van der Waals surface area contributed by atoms with E-state index in [0.29, 0.717) is 0 Å². The first-order chi connectivity index (χ1) is 8.93. The van der Waals surface area contributed by atoms with E-state index in [1.165, 1.54) is 26.2 Å². The summed E-state index contributed by atoms with van der Waals surface area (Å²) in [6.45, 7) is 1.28. The normalized spacial score (nSPS) is 11.6. The van der Waals surface area contributed by atoms with Crippen LogP contribution in [0, 0.1) is 5.82 Å². The fraction of sp³-hybridized carbons (Fsp3) is 0.333. The van der Waals surface area contributed by atoms with Gasteiger partial charge in [0.15, 0.2) is 0 Å². The smallest absolute Gasteiger partial charge is 0.330 e. The van der Waals surface area contributed by atoms with Crippen LogP contribution in [0.2, 0.25) is 5.02 Å². The highest BCUT2D eigenvalue weighted by Crippen LogP contribution is 2.18. The summed E-state index contributed by atoms with van der Waals surface area (Å²) in [5.74, 6) is -1.54. The Morgan fingerprint density at radius 1 is 1.47 bits per heavy atom. The van der Waals surface area contributed by atoms with Crippen molar-refractivity contribution in [2.45, 2.75) is 13.0 Å². The van der Waals surface area contributed by atoms with Crippen LogP contribution in [0.5, 0.6) is 0 Å². The van der Waals surface area contributed by atoms with Gasteiger partial charge in [-0.1, -0.05) is 11.6 Å². The van der Waals surface area contributed by atoms with Crippen LogP contribution in [0.3, 0.4) is 0 Å². The van der Waals surface area contributed by atoms with E-state index in [1.807, 2.05) is 0 Å². The standard InChI is InChI=1S/C12H14ClFN2O3/c1-7(17)16-11(12(18)19-2)6-15-10-4-3-8(13)5-9(10)14/h3-5,11,15H,6H2,1-2H3,(H,16,17). The third-order valence-electron chi connectivity index (χ3n) is 2.29. The molecule has 0 aliphatic rings. The molecule has 19 heavy (non-hydrogen) atoms. The third-order valence-corrected chi connectivity index (χ3v) is 2.53. The Bertz CT molecular complexity index is 482. The van der Waals surface area contributed by atoms with Crippen LogP contribution in [0.25, 0.3) is 0 Å². The van der Waals surface area contributed by atoms with Crippen molar-refractivity contribution in [2.75, 3.05) is 19.0 Å². The first kappa shape index (κ1) is 15.2. The van der Waals surface area contributed by atoms with Gasteiger partial charge in [-0.25, -0.2) is 9.18 Å². The van der Waals surface area contributed by atoms with Gasteiger partial charge in [0.1, 0.15) is 11.9 Å². The summed E-state index contributed by atoms with van der Waals surface area (Å²) in [5.41, 5.74) is 0.184. The molecule has 1 aromatic rings. The molecule has 0 saturated carbocycles. The summed E-state index contributed by atoms with van der Waals surface area (Å²) in [4.78, 5) is 22.4. The zero-order valence-electron chi connectivity index (χ0n) is 10.5. The lowest BCUT2D eigenvalue weighted by Crippen LogP contribution is -2.45. The van der Waals surface area contributed by atoms with Gasteiger partial charge in [0.05, 0.1) is 12.8 Å². The highest BCUT2D eigenvalue weighted by molar-refractivity contribution is 6.30. The van der Waals surface area contributed by atoms with Gasteiger partial charge in [0.25, 0.3) is 0 Å². The van der Waals surface area contributed by atoms with Gasteiger partial charge >= 0.3 is 5.97 Å². The lowest BCUT2D eigenvalue weighted by atomic mass is 10.2. The number of hydrogen-bond acceptors (Lipinski definition) is 4. The molecule has 0 radical (unpaired) electrons. The first-order valence-corrected chi connectivity index (χ1v) is 5.85. The van der Waals surface area contributed by atoms with Crippen molar-refractivity contribution in [3.8, 4) is 0 Å². The Morgan fingerprint density at radius 3 is 2.68 bits per heavy atom. The number of hydrogen-bond donors (Lipinski definition) is 2. The average Bonchev–Trinajstić information content (AvgIpc) is 2.34. The fourth-order valence-electron chi connectivity index (χ4n) is 1.43. The second-order valence-corrected chi connectivity index (χ2v) is 4.22. The lowest BCUT2D eigenvalue weighted by molar-refractivity contribution is -0.144. The quantitative estimate of drug-likeness (QED) is 0.807. The molecule has 2 N–H and O–H groups in total. The molecule has 1 amide bonds. The summed E-state index contributed by atoms with van der Waals surface area (Å²) >= 11 is 5.62. The molecular formula is C12H14ClFN2O3. The van der Waals surface area contributed by atoms with Gasteiger partial charge in [-0.05, 0) is 18.2 Å². The number of anilines is 1. The van der Waals surface area contributed by atoms with Gasteiger partial charge in [0, 0.05) is 18.5 Å². The van der Waals surface area contributed by atoms with Crippen molar-refractivity contribution in [1.82, 2.24) is 5.32 Å². The van der Waals surface area contributed by atoms with Crippen molar-refractivity contribution in [3.63, 3.8) is 0 Å². The average molecular weight is 289 g/mol. The molecule has 7 heteroatoms. The molecule has 0 fully saturated rings. The number of esters is 1. The molecule has 0 aliphatic heterocycles. The van der Waals surface area contributed by atoms with E-state index in [2.05, 4.69) is 15.4 Å². The van der Waals surface area contributed by atoms with Crippen molar-refractivity contribution in [3.05, 3.63) is 29.0 Å². The van der Waals surface area contributed by atoms with E-state index < -0.39 is 17.8 Å². The summed E-state index contributed by atoms with van der Waals surface area (Å²) in [6.07, 6.45) is 0. The molecule has 1 unspecified atom stereocenters. The Hall–Kier alpha value is -1.82. The monoisotopic (exact) mass is 288 g/mol. The van der Waals surface area contributed by atoms with Crippen LogP contribution in [-0.4, -0.2) is 31.6 Å². The van der Waals surface area contributed by atoms with E-state index >= 15 is 0 Å². The number of amides is 1. The van der Waals surface area contributed by atoms with E-state index in [1.54, 1.807) is 0 Å². The van der Waals surface area contributed by atoms with Crippen molar-refractivity contribution in [1.29, 1.82) is 0 Å². The van der Waals surface area contributed by atoms with Gasteiger partial charge < -0.3 is 15.4 Å². The maximum atomic E-state index is 13.5. The number of halogens is 2. The number of benzene rings is 1. The first-order valence-electron chi connectivity index (χ1n) is 5.48. The van der Waals surface area contributed by atoms with Crippen LogP contribution in [-0.2, 0) is 14.3 Å². The molecule has 0 aliphatic carbocycles. The lowest BCUT2D eigenvalue weighted by Gasteiger charge is -2.17. The van der Waals surface area contributed by atoms with E-state index in [4.69, 9.17) is 11.6 Å². The van der Waals surface area contributed by atoms with Crippen molar-refractivity contribution >= 4 is 29.2 Å². The Morgan fingerprint density at radius 2 is 2.16 bits per heavy atom. The van der Waals surface area contributed by atoms with E-state index in [-0.39, 0.29) is 23.2 Å². The molecular weight excluding hydrogens is 275 g/mol.